The largest absolute Gasteiger partial charge is 0.493 e. The fourth-order valence-electron chi connectivity index (χ4n) is 2.23. The molecular weight excluding hydrogens is 342 g/mol. The first-order chi connectivity index (χ1) is 9.62. The van der Waals surface area contributed by atoms with Crippen molar-refractivity contribution in [2.24, 2.45) is 0 Å². The maximum atomic E-state index is 6.06. The van der Waals surface area contributed by atoms with E-state index in [-0.39, 0.29) is 6.04 Å². The molecule has 20 heavy (non-hydrogen) atoms. The molecule has 1 aromatic heterocycles. The lowest BCUT2D eigenvalue weighted by atomic mass is 10.0. The number of nitrogens with one attached hydrogen (secondary N) is 1. The third-order valence-electron chi connectivity index (χ3n) is 3.20. The Labute approximate surface area is 132 Å². The highest BCUT2D eigenvalue weighted by molar-refractivity contribution is 9.10. The van der Waals surface area contributed by atoms with E-state index in [1.54, 1.807) is 13.3 Å². The molecule has 2 aromatic rings. The van der Waals surface area contributed by atoms with Gasteiger partial charge in [-0.1, -0.05) is 17.7 Å². The molecule has 0 saturated carbocycles. The molecule has 108 valence electrons. The second kappa shape index (κ2) is 6.61. The standard InChI is InChI=1S/C14H17BrClN3O/c1-4-19-14(12(20-3)8-18-19)13(17-2)9-5-6-11(16)10(15)7-9/h5-8,13,17H,4H2,1-3H3. The van der Waals surface area contributed by atoms with E-state index in [9.17, 15) is 0 Å². The average molecular weight is 359 g/mol. The van der Waals surface area contributed by atoms with Crippen LogP contribution in [-0.2, 0) is 6.54 Å². The van der Waals surface area contributed by atoms with Crippen LogP contribution in [0.1, 0.15) is 24.2 Å². The van der Waals surface area contributed by atoms with Gasteiger partial charge in [0.25, 0.3) is 0 Å². The van der Waals surface area contributed by atoms with Crippen molar-refractivity contribution in [1.82, 2.24) is 15.1 Å². The molecule has 6 heteroatoms. The zero-order chi connectivity index (χ0) is 14.7. The fourth-order valence-corrected chi connectivity index (χ4v) is 2.75. The summed E-state index contributed by atoms with van der Waals surface area (Å²) >= 11 is 9.53. The van der Waals surface area contributed by atoms with Gasteiger partial charge in [0.15, 0.2) is 5.75 Å². The molecule has 1 unspecified atom stereocenters. The maximum absolute atomic E-state index is 6.06. The van der Waals surface area contributed by atoms with Crippen molar-refractivity contribution in [2.45, 2.75) is 19.5 Å². The highest BCUT2D eigenvalue weighted by Crippen LogP contribution is 2.33. The summed E-state index contributed by atoms with van der Waals surface area (Å²) in [5, 5.41) is 8.36. The lowest BCUT2D eigenvalue weighted by Gasteiger charge is -2.20. The van der Waals surface area contributed by atoms with Crippen molar-refractivity contribution in [3.05, 3.63) is 45.1 Å². The van der Waals surface area contributed by atoms with Crippen molar-refractivity contribution < 1.29 is 4.74 Å². The molecule has 4 nitrogen and oxygen atoms in total. The van der Waals surface area contributed by atoms with Crippen molar-refractivity contribution in [3.63, 3.8) is 0 Å². The Bertz CT molecular complexity index is 579. The Morgan fingerprint density at radius 3 is 2.80 bits per heavy atom. The van der Waals surface area contributed by atoms with Crippen LogP contribution in [0.15, 0.2) is 28.9 Å². The third-order valence-corrected chi connectivity index (χ3v) is 4.42. The topological polar surface area (TPSA) is 39.1 Å². The Morgan fingerprint density at radius 1 is 1.50 bits per heavy atom. The number of nitrogens with zero attached hydrogens (tertiary/aromatic N) is 2. The van der Waals surface area contributed by atoms with Gasteiger partial charge >= 0.3 is 0 Å². The maximum Gasteiger partial charge on any atom is 0.161 e. The number of ether oxygens (including phenoxy) is 1. The SMILES string of the molecule is CCn1ncc(OC)c1C(NC)c1ccc(Cl)c(Br)c1. The summed E-state index contributed by atoms with van der Waals surface area (Å²) in [6.07, 6.45) is 1.74. The minimum atomic E-state index is -0.0130. The van der Waals surface area contributed by atoms with Gasteiger partial charge in [0, 0.05) is 11.0 Å². The molecule has 1 N–H and O–H groups in total. The molecule has 0 spiro atoms. The van der Waals surface area contributed by atoms with E-state index in [0.717, 1.165) is 28.0 Å². The lowest BCUT2D eigenvalue weighted by molar-refractivity contribution is 0.401. The highest BCUT2D eigenvalue weighted by Gasteiger charge is 2.22. The van der Waals surface area contributed by atoms with E-state index in [4.69, 9.17) is 16.3 Å². The molecule has 0 aliphatic carbocycles. The van der Waals surface area contributed by atoms with Crippen LogP contribution < -0.4 is 10.1 Å². The van der Waals surface area contributed by atoms with Gasteiger partial charge in [-0.05, 0) is 47.6 Å². The van der Waals surface area contributed by atoms with Crippen LogP contribution >= 0.6 is 27.5 Å². The summed E-state index contributed by atoms with van der Waals surface area (Å²) in [4.78, 5) is 0. The van der Waals surface area contributed by atoms with Crippen LogP contribution in [0.5, 0.6) is 5.75 Å². The molecule has 0 amide bonds. The average Bonchev–Trinajstić information content (AvgIpc) is 2.86. The van der Waals surface area contributed by atoms with Crippen LogP contribution in [0, 0.1) is 0 Å². The highest BCUT2D eigenvalue weighted by atomic mass is 79.9. The quantitative estimate of drug-likeness (QED) is 0.887. The second-order valence-electron chi connectivity index (χ2n) is 4.31. The molecule has 1 aromatic carbocycles. The monoisotopic (exact) mass is 357 g/mol. The number of rotatable bonds is 5. The summed E-state index contributed by atoms with van der Waals surface area (Å²) in [6, 6.07) is 5.88. The molecule has 0 saturated heterocycles. The third kappa shape index (κ3) is 2.85. The van der Waals surface area contributed by atoms with Crippen LogP contribution in [0.2, 0.25) is 5.02 Å². The molecule has 1 heterocycles. The van der Waals surface area contributed by atoms with E-state index < -0.39 is 0 Å². The lowest BCUT2D eigenvalue weighted by Crippen LogP contribution is -2.22. The van der Waals surface area contributed by atoms with Gasteiger partial charge in [-0.25, -0.2) is 0 Å². The van der Waals surface area contributed by atoms with Crippen molar-refractivity contribution in [1.29, 1.82) is 0 Å². The number of hydrogen-bond donors (Lipinski definition) is 1. The normalized spacial score (nSPS) is 12.4. The molecule has 0 aliphatic rings. The van der Waals surface area contributed by atoms with E-state index in [1.165, 1.54) is 0 Å². The smallest absolute Gasteiger partial charge is 0.161 e. The van der Waals surface area contributed by atoms with Crippen LogP contribution in [-0.4, -0.2) is 23.9 Å². The molecule has 0 fully saturated rings. The summed E-state index contributed by atoms with van der Waals surface area (Å²) in [7, 11) is 3.57. The van der Waals surface area contributed by atoms with Crippen LogP contribution in [0.25, 0.3) is 0 Å². The Kier molecular flexibility index (Phi) is 5.07. The number of hydrogen-bond acceptors (Lipinski definition) is 3. The summed E-state index contributed by atoms with van der Waals surface area (Å²) < 4.78 is 8.23. The van der Waals surface area contributed by atoms with Crippen molar-refractivity contribution >= 4 is 27.5 Å². The van der Waals surface area contributed by atoms with Crippen molar-refractivity contribution in [3.8, 4) is 5.75 Å². The minimum absolute atomic E-state index is 0.0130. The predicted octanol–water partition coefficient (Wildman–Crippen LogP) is 3.64. The molecule has 0 aliphatic heterocycles. The number of aromatic nitrogens is 2. The molecular formula is C14H17BrClN3O. The Balaban J connectivity index is 2.51. The molecule has 0 bridgehead atoms. The number of halogens is 2. The number of benzene rings is 1. The summed E-state index contributed by atoms with van der Waals surface area (Å²) in [5.74, 6) is 0.775. The van der Waals surface area contributed by atoms with Gasteiger partial charge in [-0.15, -0.1) is 0 Å². The van der Waals surface area contributed by atoms with Gasteiger partial charge in [0.2, 0.25) is 0 Å². The zero-order valence-electron chi connectivity index (χ0n) is 11.7. The minimum Gasteiger partial charge on any atom is -0.493 e. The van der Waals surface area contributed by atoms with E-state index in [0.29, 0.717) is 5.02 Å². The molecule has 1 atom stereocenters. The number of methoxy groups -OCH3 is 1. The molecule has 2 rings (SSSR count). The van der Waals surface area contributed by atoms with Gasteiger partial charge in [-0.3, -0.25) is 4.68 Å². The number of aryl methyl sites for hydroxylation is 1. The molecule has 0 radical (unpaired) electrons. The predicted molar refractivity (Wildman–Crippen MR) is 84.5 cm³/mol. The summed E-state index contributed by atoms with van der Waals surface area (Å²) in [6.45, 7) is 2.84. The Hall–Kier alpha value is -1.04. The Morgan fingerprint density at radius 2 is 2.25 bits per heavy atom. The van der Waals surface area contributed by atoms with Gasteiger partial charge in [0.1, 0.15) is 5.69 Å². The first-order valence-corrected chi connectivity index (χ1v) is 7.51. The van der Waals surface area contributed by atoms with E-state index in [2.05, 4.69) is 33.3 Å². The van der Waals surface area contributed by atoms with Gasteiger partial charge in [0.05, 0.1) is 24.4 Å². The van der Waals surface area contributed by atoms with Crippen LogP contribution in [0.3, 0.4) is 0 Å². The first kappa shape index (κ1) is 15.4. The van der Waals surface area contributed by atoms with E-state index in [1.807, 2.05) is 29.9 Å². The van der Waals surface area contributed by atoms with Crippen LogP contribution in [0.4, 0.5) is 0 Å². The summed E-state index contributed by atoms with van der Waals surface area (Å²) in [5.41, 5.74) is 2.10. The van der Waals surface area contributed by atoms with Gasteiger partial charge < -0.3 is 10.1 Å². The fraction of sp³-hybridized carbons (Fsp3) is 0.357. The first-order valence-electron chi connectivity index (χ1n) is 6.34. The van der Waals surface area contributed by atoms with Gasteiger partial charge in [-0.2, -0.15) is 5.10 Å². The second-order valence-corrected chi connectivity index (χ2v) is 5.57. The zero-order valence-corrected chi connectivity index (χ0v) is 14.0. The van der Waals surface area contributed by atoms with E-state index >= 15 is 0 Å². The van der Waals surface area contributed by atoms with Crippen molar-refractivity contribution in [2.75, 3.05) is 14.2 Å².